The second kappa shape index (κ2) is 2.82. The number of aromatic nitrogens is 1. The molecule has 0 fully saturated rings. The van der Waals surface area contributed by atoms with Crippen LogP contribution in [0.15, 0.2) is 10.7 Å². The molecule has 0 bridgehead atoms. The Balaban J connectivity index is 2.84. The zero-order chi connectivity index (χ0) is 8.43. The third kappa shape index (κ3) is 1.45. The van der Waals surface area contributed by atoms with Gasteiger partial charge >= 0.3 is 5.95 Å². The van der Waals surface area contributed by atoms with Crippen LogP contribution in [0.4, 0.5) is 5.69 Å². The smallest absolute Gasteiger partial charge is 0.332 e. The topological polar surface area (TPSA) is 49.5 Å². The van der Waals surface area contributed by atoms with Crippen molar-refractivity contribution in [1.82, 2.24) is 5.16 Å². The fourth-order valence-electron chi connectivity index (χ4n) is 0.748. The van der Waals surface area contributed by atoms with Gasteiger partial charge in [-0.25, -0.2) is 0 Å². The molecule has 0 aliphatic carbocycles. The summed E-state index contributed by atoms with van der Waals surface area (Å²) in [5.74, 6) is -0.124. The Kier molecular flexibility index (Phi) is 2.03. The van der Waals surface area contributed by atoms with Crippen molar-refractivity contribution < 1.29 is 9.63 Å². The second-order valence-corrected chi connectivity index (χ2v) is 2.72. The summed E-state index contributed by atoms with van der Waals surface area (Å²) >= 11 is 0. The first kappa shape index (κ1) is 7.91. The van der Waals surface area contributed by atoms with Gasteiger partial charge < -0.3 is 14.5 Å². The molecule has 0 saturated carbocycles. The fraction of sp³-hybridized carbons (Fsp3) is 0.571. The molecule has 0 aliphatic heterocycles. The molecule has 1 N–H and O–H groups in total. The molecule has 1 heterocycles. The summed E-state index contributed by atoms with van der Waals surface area (Å²) in [6.45, 7) is 4.04. The van der Waals surface area contributed by atoms with Crippen molar-refractivity contribution in [2.75, 3.05) is 11.9 Å². The highest BCUT2D eigenvalue weighted by atomic mass is 16.5. The highest BCUT2D eigenvalue weighted by molar-refractivity contribution is 5.50. The summed E-state index contributed by atoms with van der Waals surface area (Å²) in [6, 6.07) is 0.320. The molecular formula is C7H12N2O2. The van der Waals surface area contributed by atoms with Crippen LogP contribution >= 0.6 is 0 Å². The first-order valence-corrected chi connectivity index (χ1v) is 3.49. The molecule has 62 valence electrons. The summed E-state index contributed by atoms with van der Waals surface area (Å²) < 4.78 is 4.50. The highest BCUT2D eigenvalue weighted by Gasteiger charge is 2.12. The van der Waals surface area contributed by atoms with Crippen molar-refractivity contribution in [2.45, 2.75) is 19.9 Å². The number of hydrogen-bond donors (Lipinski definition) is 1. The van der Waals surface area contributed by atoms with E-state index in [1.54, 1.807) is 0 Å². The van der Waals surface area contributed by atoms with Gasteiger partial charge in [-0.15, -0.1) is 0 Å². The first-order valence-electron chi connectivity index (χ1n) is 3.49. The van der Waals surface area contributed by atoms with Crippen LogP contribution in [0.3, 0.4) is 0 Å². The molecule has 0 unspecified atom stereocenters. The van der Waals surface area contributed by atoms with Crippen molar-refractivity contribution >= 4 is 5.69 Å². The third-order valence-electron chi connectivity index (χ3n) is 1.69. The lowest BCUT2D eigenvalue weighted by Crippen LogP contribution is -2.25. The molecule has 1 rings (SSSR count). The molecule has 1 aromatic heterocycles. The fourth-order valence-corrected chi connectivity index (χ4v) is 0.748. The second-order valence-electron chi connectivity index (χ2n) is 2.72. The van der Waals surface area contributed by atoms with Crippen LogP contribution in [-0.4, -0.2) is 23.4 Å². The maximum atomic E-state index is 9.10. The first-order chi connectivity index (χ1) is 5.13. The lowest BCUT2D eigenvalue weighted by molar-refractivity contribution is 0.278. The highest BCUT2D eigenvalue weighted by Crippen LogP contribution is 2.26. The van der Waals surface area contributed by atoms with Crippen molar-refractivity contribution in [1.29, 1.82) is 0 Å². The lowest BCUT2D eigenvalue weighted by Gasteiger charge is -2.20. The summed E-state index contributed by atoms with van der Waals surface area (Å²) in [5, 5.41) is 12.6. The normalized spacial score (nSPS) is 10.5. The Bertz CT molecular complexity index is 232. The van der Waals surface area contributed by atoms with Crippen molar-refractivity contribution in [3.8, 4) is 5.95 Å². The third-order valence-corrected chi connectivity index (χ3v) is 1.69. The average molecular weight is 156 g/mol. The van der Waals surface area contributed by atoms with Crippen LogP contribution in [-0.2, 0) is 0 Å². The molecule has 4 heteroatoms. The van der Waals surface area contributed by atoms with Gasteiger partial charge in [0.05, 0.1) is 6.20 Å². The number of anilines is 1. The minimum Gasteiger partial charge on any atom is -0.478 e. The van der Waals surface area contributed by atoms with E-state index in [4.69, 9.17) is 5.11 Å². The molecule has 4 nitrogen and oxygen atoms in total. The van der Waals surface area contributed by atoms with Crippen LogP contribution in [0.25, 0.3) is 0 Å². The zero-order valence-corrected chi connectivity index (χ0v) is 6.90. The molecule has 0 amide bonds. The van der Waals surface area contributed by atoms with E-state index in [1.807, 2.05) is 25.8 Å². The van der Waals surface area contributed by atoms with E-state index in [-0.39, 0.29) is 5.95 Å². The Hall–Kier alpha value is -1.19. The van der Waals surface area contributed by atoms with Gasteiger partial charge in [-0.1, -0.05) is 5.16 Å². The van der Waals surface area contributed by atoms with E-state index in [0.29, 0.717) is 11.7 Å². The summed E-state index contributed by atoms with van der Waals surface area (Å²) in [4.78, 5) is 1.88. The Morgan fingerprint density at radius 1 is 1.64 bits per heavy atom. The quantitative estimate of drug-likeness (QED) is 0.699. The van der Waals surface area contributed by atoms with Gasteiger partial charge in [0.2, 0.25) is 0 Å². The Morgan fingerprint density at radius 2 is 2.27 bits per heavy atom. The Labute approximate surface area is 65.4 Å². The molecular weight excluding hydrogens is 144 g/mol. The maximum absolute atomic E-state index is 9.10. The van der Waals surface area contributed by atoms with Crippen LogP contribution in [0.5, 0.6) is 5.95 Å². The van der Waals surface area contributed by atoms with Gasteiger partial charge in [-0.2, -0.15) is 0 Å². The molecule has 0 aliphatic rings. The molecule has 0 saturated heterocycles. The number of nitrogens with zero attached hydrogens (tertiary/aromatic N) is 2. The van der Waals surface area contributed by atoms with Crippen molar-refractivity contribution in [2.24, 2.45) is 0 Å². The van der Waals surface area contributed by atoms with Crippen LogP contribution in [0.1, 0.15) is 13.8 Å². The molecule has 0 spiro atoms. The van der Waals surface area contributed by atoms with Gasteiger partial charge in [0.1, 0.15) is 5.69 Å². The molecule has 0 radical (unpaired) electrons. The zero-order valence-electron chi connectivity index (χ0n) is 6.90. The van der Waals surface area contributed by atoms with E-state index in [9.17, 15) is 0 Å². The van der Waals surface area contributed by atoms with Crippen molar-refractivity contribution in [3.63, 3.8) is 0 Å². The number of hydrogen-bond acceptors (Lipinski definition) is 4. The van der Waals surface area contributed by atoms with E-state index in [0.717, 1.165) is 0 Å². The lowest BCUT2D eigenvalue weighted by atomic mass is 10.3. The summed E-state index contributed by atoms with van der Waals surface area (Å²) in [5.41, 5.74) is 0.625. The summed E-state index contributed by atoms with van der Waals surface area (Å²) in [6.07, 6.45) is 1.50. The van der Waals surface area contributed by atoms with Gasteiger partial charge in [0, 0.05) is 13.1 Å². The maximum Gasteiger partial charge on any atom is 0.332 e. The molecule has 11 heavy (non-hydrogen) atoms. The van der Waals surface area contributed by atoms with Gasteiger partial charge in [0.25, 0.3) is 0 Å². The van der Waals surface area contributed by atoms with E-state index in [1.165, 1.54) is 6.20 Å². The van der Waals surface area contributed by atoms with Crippen LogP contribution < -0.4 is 4.90 Å². The SMILES string of the molecule is CC(C)N(C)c1cnoc1O. The van der Waals surface area contributed by atoms with E-state index >= 15 is 0 Å². The van der Waals surface area contributed by atoms with Crippen LogP contribution in [0.2, 0.25) is 0 Å². The molecule has 0 atom stereocenters. The van der Waals surface area contributed by atoms with E-state index in [2.05, 4.69) is 9.68 Å². The minimum absolute atomic E-state index is 0.124. The average Bonchev–Trinajstić information content (AvgIpc) is 2.33. The number of rotatable bonds is 2. The standard InChI is InChI=1S/C7H12N2O2/c1-5(2)9(3)6-4-8-11-7(6)10/h4-5,10H,1-3H3. The van der Waals surface area contributed by atoms with Crippen LogP contribution in [0, 0.1) is 0 Å². The predicted molar refractivity (Wildman–Crippen MR) is 41.7 cm³/mol. The minimum atomic E-state index is -0.124. The van der Waals surface area contributed by atoms with Gasteiger partial charge in [-0.05, 0) is 13.8 Å². The van der Waals surface area contributed by atoms with E-state index < -0.39 is 0 Å². The molecule has 1 aromatic rings. The number of aromatic hydroxyl groups is 1. The van der Waals surface area contributed by atoms with Crippen molar-refractivity contribution in [3.05, 3.63) is 6.20 Å². The monoisotopic (exact) mass is 156 g/mol. The molecule has 0 aromatic carbocycles. The largest absolute Gasteiger partial charge is 0.478 e. The summed E-state index contributed by atoms with van der Waals surface area (Å²) in [7, 11) is 1.87. The predicted octanol–water partition coefficient (Wildman–Crippen LogP) is 1.22. The Morgan fingerprint density at radius 3 is 2.64 bits per heavy atom. The van der Waals surface area contributed by atoms with Gasteiger partial charge in [0.15, 0.2) is 0 Å². The van der Waals surface area contributed by atoms with Gasteiger partial charge in [-0.3, -0.25) is 0 Å².